The van der Waals surface area contributed by atoms with E-state index in [9.17, 15) is 14.0 Å². The highest BCUT2D eigenvalue weighted by atomic mass is 32.1. The molecule has 2 aromatic rings. The number of nitrogens with zero attached hydrogens (tertiary/aromatic N) is 1. The summed E-state index contributed by atoms with van der Waals surface area (Å²) in [5, 5.41) is 11.2. The predicted molar refractivity (Wildman–Crippen MR) is 80.0 cm³/mol. The van der Waals surface area contributed by atoms with Crippen molar-refractivity contribution in [1.82, 2.24) is 5.32 Å². The highest BCUT2D eigenvalue weighted by Crippen LogP contribution is 2.32. The van der Waals surface area contributed by atoms with Crippen LogP contribution >= 0.6 is 11.3 Å². The van der Waals surface area contributed by atoms with Crippen LogP contribution in [0.3, 0.4) is 0 Å². The molecule has 2 rings (SSSR count). The van der Waals surface area contributed by atoms with E-state index in [-0.39, 0.29) is 23.7 Å². The number of thiophene rings is 1. The van der Waals surface area contributed by atoms with E-state index in [1.165, 1.54) is 6.07 Å². The van der Waals surface area contributed by atoms with E-state index in [4.69, 9.17) is 10.00 Å². The van der Waals surface area contributed by atoms with Gasteiger partial charge in [-0.05, 0) is 24.6 Å². The monoisotopic (exact) mass is 320 g/mol. The Balaban J connectivity index is 2.05. The maximum absolute atomic E-state index is 13.8. The number of amides is 1. The minimum absolute atomic E-state index is 0.189. The minimum atomic E-state index is -0.659. The summed E-state index contributed by atoms with van der Waals surface area (Å²) in [4.78, 5) is 23.7. The number of ether oxygens (including phenoxy) is 1. The zero-order valence-corrected chi connectivity index (χ0v) is 12.6. The van der Waals surface area contributed by atoms with Crippen LogP contribution in [-0.2, 0) is 9.53 Å². The second kappa shape index (κ2) is 7.00. The lowest BCUT2D eigenvalue weighted by molar-refractivity contribution is -0.124. The number of carbonyl (C=O) groups is 2. The normalized spacial score (nSPS) is 10.2. The fourth-order valence-electron chi connectivity index (χ4n) is 1.95. The van der Waals surface area contributed by atoms with E-state index in [2.05, 4.69) is 5.32 Å². The maximum atomic E-state index is 13.8. The van der Waals surface area contributed by atoms with Crippen molar-refractivity contribution in [1.29, 1.82) is 5.26 Å². The number of nitriles is 1. The Bertz CT molecular complexity index is 764. The Kier molecular flexibility index (Phi) is 5.07. The highest BCUT2D eigenvalue weighted by Gasteiger charge is 2.19. The molecule has 0 unspecified atom stereocenters. The Morgan fingerprint density at radius 3 is 2.91 bits per heavy atom. The second-order valence-electron chi connectivity index (χ2n) is 4.50. The molecule has 0 fully saturated rings. The van der Waals surface area contributed by atoms with Crippen LogP contribution < -0.4 is 5.32 Å². The Hall–Kier alpha value is -2.46. The van der Waals surface area contributed by atoms with Gasteiger partial charge in [0.25, 0.3) is 5.91 Å². The van der Waals surface area contributed by atoms with Gasteiger partial charge in [-0.1, -0.05) is 6.07 Å². The molecule has 0 bridgehead atoms. The van der Waals surface area contributed by atoms with Gasteiger partial charge >= 0.3 is 5.97 Å². The molecule has 0 spiro atoms. The molecule has 0 aliphatic rings. The molecule has 7 heteroatoms. The van der Waals surface area contributed by atoms with E-state index in [1.54, 1.807) is 19.1 Å². The zero-order valence-electron chi connectivity index (χ0n) is 11.8. The number of nitrogens with one attached hydrogen (secondary N) is 1. The average molecular weight is 320 g/mol. The van der Waals surface area contributed by atoms with Gasteiger partial charge < -0.3 is 10.1 Å². The average Bonchev–Trinajstić information content (AvgIpc) is 2.83. The van der Waals surface area contributed by atoms with Crippen molar-refractivity contribution in [2.75, 3.05) is 13.2 Å². The molecule has 1 N–H and O–H groups in total. The van der Waals surface area contributed by atoms with Crippen molar-refractivity contribution >= 4 is 33.3 Å². The number of fused-ring (bicyclic) bond motifs is 1. The van der Waals surface area contributed by atoms with Crippen molar-refractivity contribution in [2.24, 2.45) is 0 Å². The summed E-state index contributed by atoms with van der Waals surface area (Å²) in [5.74, 6) is -1.53. The predicted octanol–water partition coefficient (Wildman–Crippen LogP) is 2.54. The number of hydrogen-bond acceptors (Lipinski definition) is 5. The van der Waals surface area contributed by atoms with Gasteiger partial charge in [0.15, 0.2) is 6.61 Å². The van der Waals surface area contributed by atoms with Crippen LogP contribution in [0.2, 0.25) is 0 Å². The van der Waals surface area contributed by atoms with Crippen LogP contribution in [0.5, 0.6) is 0 Å². The lowest BCUT2D eigenvalue weighted by Crippen LogP contribution is -2.29. The molecule has 0 aliphatic carbocycles. The van der Waals surface area contributed by atoms with Crippen LogP contribution in [0.4, 0.5) is 4.39 Å². The van der Waals surface area contributed by atoms with Gasteiger partial charge in [-0.15, -0.1) is 11.3 Å². The molecule has 0 atom stereocenters. The van der Waals surface area contributed by atoms with Crippen molar-refractivity contribution in [3.8, 4) is 6.07 Å². The third kappa shape index (κ3) is 3.40. The molecule has 0 saturated carbocycles. The van der Waals surface area contributed by atoms with Gasteiger partial charge in [-0.3, -0.25) is 4.79 Å². The van der Waals surface area contributed by atoms with Crippen LogP contribution in [0.15, 0.2) is 18.2 Å². The first-order valence-corrected chi connectivity index (χ1v) is 7.34. The smallest absolute Gasteiger partial charge is 0.349 e. The number of benzene rings is 1. The first-order chi connectivity index (χ1) is 10.5. The molecule has 22 heavy (non-hydrogen) atoms. The minimum Gasteiger partial charge on any atom is -0.451 e. The lowest BCUT2D eigenvalue weighted by Gasteiger charge is -2.04. The van der Waals surface area contributed by atoms with E-state index in [0.29, 0.717) is 15.6 Å². The lowest BCUT2D eigenvalue weighted by atomic mass is 10.1. The fraction of sp³-hybridized carbons (Fsp3) is 0.267. The quantitative estimate of drug-likeness (QED) is 0.678. The number of esters is 1. The molecule has 0 aliphatic heterocycles. The van der Waals surface area contributed by atoms with Crippen LogP contribution in [0, 0.1) is 24.1 Å². The summed E-state index contributed by atoms with van der Waals surface area (Å²) in [5.41, 5.74) is 0.507. The third-order valence-corrected chi connectivity index (χ3v) is 4.22. The van der Waals surface area contributed by atoms with Crippen molar-refractivity contribution in [3.05, 3.63) is 34.5 Å². The maximum Gasteiger partial charge on any atom is 0.349 e. The number of rotatable bonds is 5. The molecular formula is C15H13FN2O3S. The van der Waals surface area contributed by atoms with Crippen LogP contribution in [-0.4, -0.2) is 25.0 Å². The molecule has 5 nitrogen and oxygen atoms in total. The molecule has 1 heterocycles. The van der Waals surface area contributed by atoms with Gasteiger partial charge in [-0.25, -0.2) is 9.18 Å². The second-order valence-corrected chi connectivity index (χ2v) is 5.56. The number of carbonyl (C=O) groups excluding carboxylic acids is 2. The Morgan fingerprint density at radius 2 is 2.23 bits per heavy atom. The third-order valence-electron chi connectivity index (χ3n) is 2.98. The largest absolute Gasteiger partial charge is 0.451 e. The zero-order chi connectivity index (χ0) is 16.1. The van der Waals surface area contributed by atoms with Crippen molar-refractivity contribution in [3.63, 3.8) is 0 Å². The first kappa shape index (κ1) is 15.9. The molecular weight excluding hydrogens is 307 g/mol. The van der Waals surface area contributed by atoms with E-state index >= 15 is 0 Å². The van der Waals surface area contributed by atoms with Crippen LogP contribution in [0.1, 0.15) is 21.7 Å². The fourth-order valence-corrected chi connectivity index (χ4v) is 3.07. The van der Waals surface area contributed by atoms with Gasteiger partial charge in [0.2, 0.25) is 0 Å². The summed E-state index contributed by atoms with van der Waals surface area (Å²) in [6, 6.07) is 6.52. The summed E-state index contributed by atoms with van der Waals surface area (Å²) in [6.45, 7) is 1.42. The SMILES string of the molecule is Cc1c(C(=O)OCC(=O)NCCC#N)sc2cccc(F)c12. The summed E-state index contributed by atoms with van der Waals surface area (Å²) >= 11 is 1.13. The summed E-state index contributed by atoms with van der Waals surface area (Å²) < 4.78 is 19.4. The molecule has 1 aromatic heterocycles. The summed E-state index contributed by atoms with van der Waals surface area (Å²) in [7, 11) is 0. The van der Waals surface area contributed by atoms with Gasteiger partial charge in [0.05, 0.1) is 12.5 Å². The first-order valence-electron chi connectivity index (χ1n) is 6.53. The standard InChI is InChI=1S/C15H13FN2O3S/c1-9-13-10(16)4-2-5-11(13)22-14(9)15(20)21-8-12(19)18-7-3-6-17/h2,4-5H,3,7-8H2,1H3,(H,18,19). The van der Waals surface area contributed by atoms with E-state index in [0.717, 1.165) is 11.3 Å². The van der Waals surface area contributed by atoms with Crippen LogP contribution in [0.25, 0.3) is 10.1 Å². The Morgan fingerprint density at radius 1 is 1.45 bits per heavy atom. The number of halogens is 1. The molecule has 1 aromatic carbocycles. The number of hydrogen-bond donors (Lipinski definition) is 1. The van der Waals surface area contributed by atoms with Gasteiger partial charge in [0.1, 0.15) is 10.7 Å². The highest BCUT2D eigenvalue weighted by molar-refractivity contribution is 7.21. The molecule has 0 radical (unpaired) electrons. The molecule has 0 saturated heterocycles. The van der Waals surface area contributed by atoms with Crippen molar-refractivity contribution < 1.29 is 18.7 Å². The topological polar surface area (TPSA) is 79.2 Å². The Labute approximate surface area is 130 Å². The van der Waals surface area contributed by atoms with Gasteiger partial charge in [0, 0.05) is 16.6 Å². The van der Waals surface area contributed by atoms with Gasteiger partial charge in [-0.2, -0.15) is 5.26 Å². The van der Waals surface area contributed by atoms with E-state index < -0.39 is 18.5 Å². The number of aryl methyl sites for hydroxylation is 1. The molecule has 1 amide bonds. The van der Waals surface area contributed by atoms with E-state index in [1.807, 2.05) is 6.07 Å². The van der Waals surface area contributed by atoms with Crippen molar-refractivity contribution in [2.45, 2.75) is 13.3 Å². The molecule has 114 valence electrons. The summed E-state index contributed by atoms with van der Waals surface area (Å²) in [6.07, 6.45) is 0.189.